The Morgan fingerprint density at radius 3 is 1.68 bits per heavy atom. The Balaban J connectivity index is 3.04. The van der Waals surface area contributed by atoms with Gasteiger partial charge in [-0.05, 0) is 18.9 Å². The van der Waals surface area contributed by atoms with E-state index in [2.05, 4.69) is 13.0 Å². The van der Waals surface area contributed by atoms with Crippen molar-refractivity contribution in [3.8, 4) is 0 Å². The second kappa shape index (κ2) is 17.2. The van der Waals surface area contributed by atoms with Crippen LogP contribution in [0.15, 0.2) is 24.3 Å². The van der Waals surface area contributed by atoms with Crippen molar-refractivity contribution in [2.75, 3.05) is 0 Å². The van der Waals surface area contributed by atoms with E-state index in [9.17, 15) is 4.79 Å². The van der Waals surface area contributed by atoms with E-state index in [-0.39, 0.29) is 0 Å². The average molecular weight is 264 g/mol. The number of rotatable bonds is 14. The molecule has 1 nitrogen and oxygen atoms in total. The molecule has 0 saturated carbocycles. The van der Waals surface area contributed by atoms with Gasteiger partial charge in [0.1, 0.15) is 6.29 Å². The molecule has 0 bridgehead atoms. The summed E-state index contributed by atoms with van der Waals surface area (Å²) in [7, 11) is 0. The molecule has 0 fully saturated rings. The molecule has 0 aliphatic carbocycles. The molecular formula is C18H32O. The zero-order chi connectivity index (χ0) is 14.0. The Morgan fingerprint density at radius 1 is 0.632 bits per heavy atom. The van der Waals surface area contributed by atoms with Crippen LogP contribution in [0.2, 0.25) is 0 Å². The van der Waals surface area contributed by atoms with Gasteiger partial charge in [-0.2, -0.15) is 0 Å². The van der Waals surface area contributed by atoms with E-state index in [4.69, 9.17) is 0 Å². The molecule has 0 aromatic rings. The van der Waals surface area contributed by atoms with Gasteiger partial charge in [-0.25, -0.2) is 0 Å². The number of unbranched alkanes of at least 4 members (excludes halogenated alkanes) is 11. The van der Waals surface area contributed by atoms with E-state index in [1.54, 1.807) is 6.08 Å². The molecule has 0 aromatic carbocycles. The molecule has 0 atom stereocenters. The summed E-state index contributed by atoms with van der Waals surface area (Å²) in [6, 6.07) is 0. The largest absolute Gasteiger partial charge is 0.299 e. The molecule has 0 N–H and O–H groups in total. The molecule has 0 heterocycles. The Hall–Kier alpha value is -0.850. The third-order valence-electron chi connectivity index (χ3n) is 3.41. The summed E-state index contributed by atoms with van der Waals surface area (Å²) in [5.41, 5.74) is 0. The normalized spacial score (nSPS) is 11.6. The van der Waals surface area contributed by atoms with Gasteiger partial charge in [-0.3, -0.25) is 4.79 Å². The smallest absolute Gasteiger partial charge is 0.142 e. The summed E-state index contributed by atoms with van der Waals surface area (Å²) >= 11 is 0. The zero-order valence-electron chi connectivity index (χ0n) is 12.8. The SMILES string of the molecule is CCCCCCCCCCCCC/C=C\C=C/C=O. The van der Waals surface area contributed by atoms with Crippen LogP contribution in [-0.2, 0) is 4.79 Å². The van der Waals surface area contributed by atoms with Gasteiger partial charge >= 0.3 is 0 Å². The number of allylic oxidation sites excluding steroid dienone is 4. The van der Waals surface area contributed by atoms with E-state index in [1.165, 1.54) is 76.7 Å². The molecule has 0 aliphatic rings. The van der Waals surface area contributed by atoms with E-state index < -0.39 is 0 Å². The van der Waals surface area contributed by atoms with Crippen LogP contribution in [0.5, 0.6) is 0 Å². The highest BCUT2D eigenvalue weighted by molar-refractivity contribution is 5.65. The molecule has 0 aromatic heterocycles. The van der Waals surface area contributed by atoms with Gasteiger partial charge in [0.15, 0.2) is 0 Å². The highest BCUT2D eigenvalue weighted by atomic mass is 16.1. The minimum atomic E-state index is 0.812. The molecular weight excluding hydrogens is 232 g/mol. The van der Waals surface area contributed by atoms with Crippen molar-refractivity contribution < 1.29 is 4.79 Å². The third-order valence-corrected chi connectivity index (χ3v) is 3.41. The van der Waals surface area contributed by atoms with Crippen molar-refractivity contribution in [3.63, 3.8) is 0 Å². The first kappa shape index (κ1) is 18.1. The molecule has 0 rings (SSSR count). The molecule has 0 amide bonds. The van der Waals surface area contributed by atoms with Gasteiger partial charge < -0.3 is 0 Å². The summed E-state index contributed by atoms with van der Waals surface area (Å²) in [5, 5.41) is 0. The van der Waals surface area contributed by atoms with Crippen molar-refractivity contribution in [3.05, 3.63) is 24.3 Å². The van der Waals surface area contributed by atoms with Crippen LogP contribution in [0.25, 0.3) is 0 Å². The molecule has 0 saturated heterocycles. The maximum Gasteiger partial charge on any atom is 0.142 e. The number of carbonyl (C=O) groups is 1. The predicted molar refractivity (Wildman–Crippen MR) is 85.4 cm³/mol. The number of aldehydes is 1. The molecule has 0 radical (unpaired) electrons. The molecule has 0 unspecified atom stereocenters. The maximum atomic E-state index is 10.0. The maximum absolute atomic E-state index is 10.0. The van der Waals surface area contributed by atoms with E-state index in [1.807, 2.05) is 6.08 Å². The Kier molecular flexibility index (Phi) is 16.4. The first-order chi connectivity index (χ1) is 9.41. The second-order valence-corrected chi connectivity index (χ2v) is 5.27. The lowest BCUT2D eigenvalue weighted by atomic mass is 10.1. The van der Waals surface area contributed by atoms with Crippen LogP contribution >= 0.6 is 0 Å². The van der Waals surface area contributed by atoms with Crippen molar-refractivity contribution in [1.29, 1.82) is 0 Å². The molecule has 0 aliphatic heterocycles. The van der Waals surface area contributed by atoms with E-state index in [0.717, 1.165) is 12.7 Å². The van der Waals surface area contributed by atoms with Crippen LogP contribution < -0.4 is 0 Å². The topological polar surface area (TPSA) is 17.1 Å². The second-order valence-electron chi connectivity index (χ2n) is 5.27. The average Bonchev–Trinajstić information content (AvgIpc) is 2.43. The first-order valence-electron chi connectivity index (χ1n) is 8.18. The van der Waals surface area contributed by atoms with Crippen molar-refractivity contribution in [2.45, 2.75) is 84.0 Å². The minimum Gasteiger partial charge on any atom is -0.299 e. The molecule has 1 heteroatoms. The van der Waals surface area contributed by atoms with Crippen LogP contribution in [-0.4, -0.2) is 6.29 Å². The van der Waals surface area contributed by atoms with Crippen molar-refractivity contribution >= 4 is 6.29 Å². The van der Waals surface area contributed by atoms with Gasteiger partial charge in [0.25, 0.3) is 0 Å². The fourth-order valence-corrected chi connectivity index (χ4v) is 2.21. The summed E-state index contributed by atoms with van der Waals surface area (Å²) < 4.78 is 0. The van der Waals surface area contributed by atoms with Crippen LogP contribution in [0, 0.1) is 0 Å². The highest BCUT2D eigenvalue weighted by Gasteiger charge is 1.92. The van der Waals surface area contributed by atoms with Gasteiger partial charge in [0, 0.05) is 0 Å². The van der Waals surface area contributed by atoms with Gasteiger partial charge in [-0.1, -0.05) is 89.4 Å². The third kappa shape index (κ3) is 17.1. The summed E-state index contributed by atoms with van der Waals surface area (Å²) in [5.74, 6) is 0. The van der Waals surface area contributed by atoms with Crippen molar-refractivity contribution in [1.82, 2.24) is 0 Å². The number of hydrogen-bond acceptors (Lipinski definition) is 1. The Morgan fingerprint density at radius 2 is 1.16 bits per heavy atom. The van der Waals surface area contributed by atoms with E-state index in [0.29, 0.717) is 0 Å². The lowest BCUT2D eigenvalue weighted by molar-refractivity contribution is -0.104. The predicted octanol–water partition coefficient (Wildman–Crippen LogP) is 6.00. The van der Waals surface area contributed by atoms with E-state index >= 15 is 0 Å². The standard InChI is InChI=1S/C18H32O/c1-2-3-4-5-6-7-8-9-10-11-12-13-14-15-16-17-18-19/h14-18H,2-13H2,1H3/b15-14-,17-16-. The number of carbonyl (C=O) groups excluding carboxylic acids is 1. The monoisotopic (exact) mass is 264 g/mol. The lowest BCUT2D eigenvalue weighted by Gasteiger charge is -2.01. The van der Waals surface area contributed by atoms with Crippen LogP contribution in [0.4, 0.5) is 0 Å². The van der Waals surface area contributed by atoms with Crippen LogP contribution in [0.1, 0.15) is 84.0 Å². The van der Waals surface area contributed by atoms with Gasteiger partial charge in [-0.15, -0.1) is 0 Å². The molecule has 110 valence electrons. The zero-order valence-corrected chi connectivity index (χ0v) is 12.8. The molecule has 0 spiro atoms. The van der Waals surface area contributed by atoms with Gasteiger partial charge in [0.05, 0.1) is 0 Å². The fraction of sp³-hybridized carbons (Fsp3) is 0.722. The summed E-state index contributed by atoms with van der Waals surface area (Å²) in [4.78, 5) is 10.0. The first-order valence-corrected chi connectivity index (χ1v) is 8.18. The minimum absolute atomic E-state index is 0.812. The van der Waals surface area contributed by atoms with Crippen LogP contribution in [0.3, 0.4) is 0 Å². The highest BCUT2D eigenvalue weighted by Crippen LogP contribution is 2.11. The van der Waals surface area contributed by atoms with Gasteiger partial charge in [0.2, 0.25) is 0 Å². The number of hydrogen-bond donors (Lipinski definition) is 0. The Labute approximate surface area is 120 Å². The fourth-order valence-electron chi connectivity index (χ4n) is 2.21. The quantitative estimate of drug-likeness (QED) is 0.163. The summed E-state index contributed by atoms with van der Waals surface area (Å²) in [6.45, 7) is 2.27. The Bertz CT molecular complexity index is 228. The lowest BCUT2D eigenvalue weighted by Crippen LogP contribution is -1.81. The molecule has 19 heavy (non-hydrogen) atoms. The van der Waals surface area contributed by atoms with Crippen molar-refractivity contribution in [2.24, 2.45) is 0 Å². The summed E-state index contributed by atoms with van der Waals surface area (Å²) in [6.07, 6.45) is 24.7.